The summed E-state index contributed by atoms with van der Waals surface area (Å²) in [5.74, 6) is -0.216. The van der Waals surface area contributed by atoms with Crippen molar-refractivity contribution in [3.8, 4) is 6.07 Å². The number of ether oxygens (including phenoxy) is 2. The van der Waals surface area contributed by atoms with Crippen molar-refractivity contribution >= 4 is 12.1 Å². The zero-order valence-electron chi connectivity index (χ0n) is 18.2. The lowest BCUT2D eigenvalue weighted by Crippen LogP contribution is -2.55. The zero-order valence-corrected chi connectivity index (χ0v) is 18.2. The molecule has 0 unspecified atom stereocenters. The van der Waals surface area contributed by atoms with Crippen molar-refractivity contribution in [3.05, 3.63) is 35.9 Å². The van der Waals surface area contributed by atoms with Gasteiger partial charge in [-0.2, -0.15) is 5.26 Å². The Hall–Kier alpha value is -2.59. The summed E-state index contributed by atoms with van der Waals surface area (Å²) >= 11 is 0. The molecule has 2 N–H and O–H groups in total. The Morgan fingerprint density at radius 2 is 1.79 bits per heavy atom. The third kappa shape index (κ3) is 9.44. The molecule has 1 aromatic carbocycles. The molecule has 0 fully saturated rings. The van der Waals surface area contributed by atoms with Gasteiger partial charge in [0.25, 0.3) is 0 Å². The van der Waals surface area contributed by atoms with Crippen LogP contribution in [-0.2, 0) is 20.7 Å². The molecule has 0 aromatic heterocycles. The van der Waals surface area contributed by atoms with E-state index in [-0.39, 0.29) is 5.92 Å². The maximum absolute atomic E-state index is 12.4. The maximum atomic E-state index is 12.4. The van der Waals surface area contributed by atoms with Crippen molar-refractivity contribution < 1.29 is 19.1 Å². The number of nitrogens with zero attached hydrogens (tertiary/aromatic N) is 1. The first-order valence-corrected chi connectivity index (χ1v) is 9.82. The van der Waals surface area contributed by atoms with Crippen LogP contribution in [0.1, 0.15) is 46.6 Å². The summed E-state index contributed by atoms with van der Waals surface area (Å²) in [7, 11) is 1.32. The van der Waals surface area contributed by atoms with Gasteiger partial charge < -0.3 is 14.8 Å². The molecule has 1 amide bonds. The van der Waals surface area contributed by atoms with Gasteiger partial charge in [-0.1, -0.05) is 44.2 Å². The van der Waals surface area contributed by atoms with Crippen molar-refractivity contribution in [2.45, 2.75) is 71.2 Å². The molecule has 1 aromatic rings. The number of esters is 1. The van der Waals surface area contributed by atoms with Crippen LogP contribution in [0, 0.1) is 17.2 Å². The minimum atomic E-state index is -0.814. The second-order valence-electron chi connectivity index (χ2n) is 8.42. The standard InChI is InChI=1S/C22H33N3O4/c1-15(2)12-18(20(26)28-6)24-19(14-23)17(13-16-10-8-7-9-11-16)25-21(27)29-22(3,4)5/h7-11,15,17-19,24H,12-13H2,1-6H3,(H,25,27)/t17-,18-,19+/m0/s1. The van der Waals surface area contributed by atoms with Crippen LogP contribution in [0.2, 0.25) is 0 Å². The number of benzene rings is 1. The summed E-state index contributed by atoms with van der Waals surface area (Å²) in [4.78, 5) is 24.6. The number of hydrogen-bond acceptors (Lipinski definition) is 6. The van der Waals surface area contributed by atoms with E-state index in [1.165, 1.54) is 7.11 Å². The Bertz CT molecular complexity index is 692. The smallest absolute Gasteiger partial charge is 0.407 e. The first-order chi connectivity index (χ1) is 13.6. The molecule has 0 spiro atoms. The highest BCUT2D eigenvalue weighted by molar-refractivity contribution is 5.75. The van der Waals surface area contributed by atoms with Crippen LogP contribution >= 0.6 is 0 Å². The van der Waals surface area contributed by atoms with Gasteiger partial charge in [0.2, 0.25) is 0 Å². The third-order valence-corrected chi connectivity index (χ3v) is 4.12. The van der Waals surface area contributed by atoms with E-state index in [0.29, 0.717) is 12.8 Å². The molecule has 0 aliphatic rings. The van der Waals surface area contributed by atoms with Gasteiger partial charge in [-0.15, -0.1) is 0 Å². The number of carbonyl (C=O) groups excluding carboxylic acids is 2. The normalized spacial score (nSPS) is 14.4. The van der Waals surface area contributed by atoms with Gasteiger partial charge in [-0.05, 0) is 45.1 Å². The number of amides is 1. The van der Waals surface area contributed by atoms with E-state index >= 15 is 0 Å². The molecule has 3 atom stereocenters. The molecular weight excluding hydrogens is 370 g/mol. The fourth-order valence-corrected chi connectivity index (χ4v) is 2.89. The second kappa shape index (κ2) is 11.4. The van der Waals surface area contributed by atoms with Crippen LogP contribution in [-0.4, -0.2) is 42.9 Å². The lowest BCUT2D eigenvalue weighted by Gasteiger charge is -2.29. The van der Waals surface area contributed by atoms with E-state index < -0.39 is 35.8 Å². The van der Waals surface area contributed by atoms with E-state index in [9.17, 15) is 14.9 Å². The molecule has 0 saturated heterocycles. The molecule has 7 heteroatoms. The first-order valence-electron chi connectivity index (χ1n) is 9.82. The molecule has 0 aliphatic heterocycles. The number of methoxy groups -OCH3 is 1. The van der Waals surface area contributed by atoms with Crippen molar-refractivity contribution in [1.29, 1.82) is 5.26 Å². The van der Waals surface area contributed by atoms with Gasteiger partial charge in [0.15, 0.2) is 0 Å². The monoisotopic (exact) mass is 403 g/mol. The van der Waals surface area contributed by atoms with Gasteiger partial charge in [0.1, 0.15) is 17.7 Å². The van der Waals surface area contributed by atoms with Crippen molar-refractivity contribution in [1.82, 2.24) is 10.6 Å². The zero-order chi connectivity index (χ0) is 22.0. The Morgan fingerprint density at radius 1 is 1.17 bits per heavy atom. The second-order valence-corrected chi connectivity index (χ2v) is 8.42. The molecule has 0 saturated carbocycles. The molecule has 0 radical (unpaired) electrons. The van der Waals surface area contributed by atoms with E-state index in [1.54, 1.807) is 20.8 Å². The number of alkyl carbamates (subject to hydrolysis) is 1. The summed E-state index contributed by atoms with van der Waals surface area (Å²) < 4.78 is 10.2. The van der Waals surface area contributed by atoms with Gasteiger partial charge in [-0.25, -0.2) is 4.79 Å². The van der Waals surface area contributed by atoms with E-state index in [4.69, 9.17) is 9.47 Å². The fourth-order valence-electron chi connectivity index (χ4n) is 2.89. The number of nitrogens with one attached hydrogen (secondary N) is 2. The van der Waals surface area contributed by atoms with Crippen molar-refractivity contribution in [2.75, 3.05) is 7.11 Å². The predicted molar refractivity (Wildman–Crippen MR) is 111 cm³/mol. The Labute approximate surface area is 173 Å². The van der Waals surface area contributed by atoms with Crippen molar-refractivity contribution in [2.24, 2.45) is 5.92 Å². The van der Waals surface area contributed by atoms with E-state index in [0.717, 1.165) is 5.56 Å². The summed E-state index contributed by atoms with van der Waals surface area (Å²) in [5.41, 5.74) is 0.289. The number of hydrogen-bond donors (Lipinski definition) is 2. The molecule has 0 aliphatic carbocycles. The predicted octanol–water partition coefficient (Wildman–Crippen LogP) is 3.19. The summed E-state index contributed by atoms with van der Waals surface area (Å²) in [6.45, 7) is 9.29. The SMILES string of the molecule is COC(=O)[C@H](CC(C)C)N[C@H](C#N)[C@H](Cc1ccccc1)NC(=O)OC(C)(C)C. The number of nitriles is 1. The molecule has 7 nitrogen and oxygen atoms in total. The third-order valence-electron chi connectivity index (χ3n) is 4.12. The summed E-state index contributed by atoms with van der Waals surface area (Å²) in [6.07, 6.45) is 0.301. The van der Waals surface area contributed by atoms with Crippen LogP contribution in [0.5, 0.6) is 0 Å². The molecule has 1 rings (SSSR count). The molecular formula is C22H33N3O4. The Balaban J connectivity index is 3.06. The topological polar surface area (TPSA) is 100 Å². The summed E-state index contributed by atoms with van der Waals surface area (Å²) in [6, 6.07) is 9.65. The average molecular weight is 404 g/mol. The van der Waals surface area contributed by atoms with Crippen molar-refractivity contribution in [3.63, 3.8) is 0 Å². The van der Waals surface area contributed by atoms with Crippen LogP contribution in [0.3, 0.4) is 0 Å². The Morgan fingerprint density at radius 3 is 2.28 bits per heavy atom. The van der Waals surface area contributed by atoms with Crippen LogP contribution in [0.15, 0.2) is 30.3 Å². The van der Waals surface area contributed by atoms with Crippen LogP contribution in [0.25, 0.3) is 0 Å². The highest BCUT2D eigenvalue weighted by Gasteiger charge is 2.31. The highest BCUT2D eigenvalue weighted by Crippen LogP contribution is 2.13. The minimum Gasteiger partial charge on any atom is -0.468 e. The largest absolute Gasteiger partial charge is 0.468 e. The maximum Gasteiger partial charge on any atom is 0.407 e. The van der Waals surface area contributed by atoms with Gasteiger partial charge in [0.05, 0.1) is 19.2 Å². The van der Waals surface area contributed by atoms with Gasteiger partial charge >= 0.3 is 12.1 Å². The summed E-state index contributed by atoms with van der Waals surface area (Å²) in [5, 5.41) is 15.7. The van der Waals surface area contributed by atoms with E-state index in [2.05, 4.69) is 16.7 Å². The Kier molecular flexibility index (Phi) is 9.63. The van der Waals surface area contributed by atoms with E-state index in [1.807, 2.05) is 44.2 Å². The highest BCUT2D eigenvalue weighted by atomic mass is 16.6. The quantitative estimate of drug-likeness (QED) is 0.614. The fraction of sp³-hybridized carbons (Fsp3) is 0.591. The average Bonchev–Trinajstić information content (AvgIpc) is 2.63. The minimum absolute atomic E-state index is 0.220. The van der Waals surface area contributed by atoms with Crippen LogP contribution < -0.4 is 10.6 Å². The number of carbonyl (C=O) groups is 2. The molecule has 29 heavy (non-hydrogen) atoms. The molecule has 0 heterocycles. The first kappa shape index (κ1) is 24.4. The number of rotatable bonds is 9. The van der Waals surface area contributed by atoms with Gasteiger partial charge in [0, 0.05) is 0 Å². The van der Waals surface area contributed by atoms with Crippen LogP contribution in [0.4, 0.5) is 4.79 Å². The molecule has 0 bridgehead atoms. The van der Waals surface area contributed by atoms with Gasteiger partial charge in [-0.3, -0.25) is 10.1 Å². The molecule has 160 valence electrons. The lowest BCUT2D eigenvalue weighted by molar-refractivity contribution is -0.143. The lowest BCUT2D eigenvalue weighted by atomic mass is 9.97.